The lowest BCUT2D eigenvalue weighted by molar-refractivity contribution is -0.143. The van der Waals surface area contributed by atoms with Crippen LogP contribution in [0.1, 0.15) is 19.4 Å². The monoisotopic (exact) mass is 300 g/mol. The van der Waals surface area contributed by atoms with Crippen LogP contribution >= 0.6 is 0 Å². The van der Waals surface area contributed by atoms with Crippen LogP contribution in [0.5, 0.6) is 0 Å². The molecule has 2 N–H and O–H groups in total. The maximum Gasteiger partial charge on any atom is 0.321 e. The summed E-state index contributed by atoms with van der Waals surface area (Å²) in [6.45, 7) is 5.21. The summed E-state index contributed by atoms with van der Waals surface area (Å²) in [6.07, 6.45) is 0. The topological polar surface area (TPSA) is 89.7 Å². The summed E-state index contributed by atoms with van der Waals surface area (Å²) in [7, 11) is -3.75. The molecule has 0 radical (unpaired) electrons. The first-order chi connectivity index (χ1) is 9.32. The second-order valence-corrected chi connectivity index (χ2v) is 6.19. The van der Waals surface area contributed by atoms with Crippen LogP contribution < -0.4 is 5.73 Å². The molecule has 20 heavy (non-hydrogen) atoms. The van der Waals surface area contributed by atoms with Crippen molar-refractivity contribution in [2.75, 3.05) is 25.4 Å². The number of likely N-dealkylation sites (N-methyl/N-ethyl adjacent to an activating group) is 1. The minimum Gasteiger partial charge on any atom is -0.465 e. The molecule has 0 unspecified atom stereocenters. The number of carbonyl (C=O) groups is 1. The predicted molar refractivity (Wildman–Crippen MR) is 76.7 cm³/mol. The van der Waals surface area contributed by atoms with Gasteiger partial charge in [-0.05, 0) is 31.5 Å². The maximum absolute atomic E-state index is 12.4. The molecule has 1 aromatic rings. The van der Waals surface area contributed by atoms with E-state index < -0.39 is 16.0 Å². The van der Waals surface area contributed by atoms with E-state index in [1.165, 1.54) is 12.1 Å². The molecular formula is C13H20N2O4S. The van der Waals surface area contributed by atoms with Gasteiger partial charge in [0.05, 0.1) is 11.5 Å². The van der Waals surface area contributed by atoms with Crippen LogP contribution in [0.3, 0.4) is 0 Å². The van der Waals surface area contributed by atoms with Gasteiger partial charge < -0.3 is 10.5 Å². The minimum absolute atomic E-state index is 0.0757. The Morgan fingerprint density at radius 1 is 1.35 bits per heavy atom. The third-order valence-electron chi connectivity index (χ3n) is 2.85. The van der Waals surface area contributed by atoms with Gasteiger partial charge >= 0.3 is 5.97 Å². The van der Waals surface area contributed by atoms with E-state index in [1.807, 2.05) is 0 Å². The lowest BCUT2D eigenvalue weighted by Gasteiger charge is -2.19. The molecule has 112 valence electrons. The molecule has 0 amide bonds. The summed E-state index contributed by atoms with van der Waals surface area (Å²) in [6, 6.07) is 4.52. The van der Waals surface area contributed by atoms with E-state index in [4.69, 9.17) is 10.5 Å². The third-order valence-corrected chi connectivity index (χ3v) is 4.77. The summed E-state index contributed by atoms with van der Waals surface area (Å²) in [5, 5.41) is 0. The van der Waals surface area contributed by atoms with Crippen LogP contribution in [0.4, 0.5) is 5.69 Å². The second kappa shape index (κ2) is 6.71. The average Bonchev–Trinajstić information content (AvgIpc) is 2.39. The van der Waals surface area contributed by atoms with E-state index >= 15 is 0 Å². The first-order valence-electron chi connectivity index (χ1n) is 6.34. The molecule has 0 bridgehead atoms. The summed E-state index contributed by atoms with van der Waals surface area (Å²) in [4.78, 5) is 11.5. The Hall–Kier alpha value is -1.60. The number of carbonyl (C=O) groups excluding carboxylic acids is 1. The van der Waals surface area contributed by atoms with Gasteiger partial charge in [-0.15, -0.1) is 0 Å². The Balaban J connectivity index is 3.05. The number of nitrogens with zero attached hydrogens (tertiary/aromatic N) is 1. The van der Waals surface area contributed by atoms with Gasteiger partial charge in [-0.1, -0.05) is 13.0 Å². The number of sulfonamides is 1. The quantitative estimate of drug-likeness (QED) is 0.629. The van der Waals surface area contributed by atoms with Crippen molar-refractivity contribution in [3.63, 3.8) is 0 Å². The van der Waals surface area contributed by atoms with Crippen LogP contribution in [0.2, 0.25) is 0 Å². The Morgan fingerprint density at radius 3 is 2.50 bits per heavy atom. The van der Waals surface area contributed by atoms with Crippen molar-refractivity contribution in [1.29, 1.82) is 0 Å². The molecule has 0 aromatic heterocycles. The van der Waals surface area contributed by atoms with E-state index in [9.17, 15) is 13.2 Å². The third kappa shape index (κ3) is 3.71. The molecule has 0 aliphatic heterocycles. The van der Waals surface area contributed by atoms with Crippen molar-refractivity contribution in [1.82, 2.24) is 4.31 Å². The van der Waals surface area contributed by atoms with Crippen LogP contribution in [-0.2, 0) is 19.6 Å². The fourth-order valence-corrected chi connectivity index (χ4v) is 3.07. The SMILES string of the molecule is CCOC(=O)CN(CC)S(=O)(=O)c1ccc(C)c(N)c1. The zero-order valence-corrected chi connectivity index (χ0v) is 12.7. The molecular weight excluding hydrogens is 280 g/mol. The van der Waals surface area contributed by atoms with Crippen molar-refractivity contribution in [2.45, 2.75) is 25.7 Å². The lowest BCUT2D eigenvalue weighted by Crippen LogP contribution is -2.36. The fourth-order valence-electron chi connectivity index (χ4n) is 1.65. The van der Waals surface area contributed by atoms with Crippen molar-refractivity contribution in [3.05, 3.63) is 23.8 Å². The molecule has 1 rings (SSSR count). The van der Waals surface area contributed by atoms with Gasteiger partial charge in [-0.25, -0.2) is 8.42 Å². The van der Waals surface area contributed by atoms with E-state index in [0.717, 1.165) is 9.87 Å². The molecule has 0 aliphatic carbocycles. The number of hydrogen-bond donors (Lipinski definition) is 1. The van der Waals surface area contributed by atoms with E-state index in [2.05, 4.69) is 0 Å². The maximum atomic E-state index is 12.4. The lowest BCUT2D eigenvalue weighted by atomic mass is 10.2. The van der Waals surface area contributed by atoms with E-state index in [0.29, 0.717) is 5.69 Å². The summed E-state index contributed by atoms with van der Waals surface area (Å²) < 4.78 is 30.7. The van der Waals surface area contributed by atoms with Crippen LogP contribution in [0.15, 0.2) is 23.1 Å². The number of nitrogens with two attached hydrogens (primary N) is 1. The number of rotatable bonds is 6. The molecule has 6 nitrogen and oxygen atoms in total. The number of nitrogen functional groups attached to an aromatic ring is 1. The number of ether oxygens (including phenoxy) is 1. The van der Waals surface area contributed by atoms with Gasteiger partial charge in [0.1, 0.15) is 6.54 Å². The fraction of sp³-hybridized carbons (Fsp3) is 0.462. The number of hydrogen-bond acceptors (Lipinski definition) is 5. The number of aryl methyl sites for hydroxylation is 1. The highest BCUT2D eigenvalue weighted by molar-refractivity contribution is 7.89. The van der Waals surface area contributed by atoms with E-state index in [-0.39, 0.29) is 24.6 Å². The molecule has 0 fully saturated rings. The van der Waals surface area contributed by atoms with Gasteiger partial charge in [0.25, 0.3) is 0 Å². The van der Waals surface area contributed by atoms with Gasteiger partial charge in [-0.3, -0.25) is 4.79 Å². The first-order valence-corrected chi connectivity index (χ1v) is 7.78. The largest absolute Gasteiger partial charge is 0.465 e. The smallest absolute Gasteiger partial charge is 0.321 e. The Bertz CT molecular complexity index is 584. The zero-order chi connectivity index (χ0) is 15.3. The molecule has 0 aliphatic rings. The van der Waals surface area contributed by atoms with Crippen molar-refractivity contribution >= 4 is 21.7 Å². The first kappa shape index (κ1) is 16.5. The van der Waals surface area contributed by atoms with E-state index in [1.54, 1.807) is 26.8 Å². The van der Waals surface area contributed by atoms with Gasteiger partial charge in [-0.2, -0.15) is 4.31 Å². The highest BCUT2D eigenvalue weighted by Gasteiger charge is 2.26. The molecule has 0 atom stereocenters. The molecule has 0 saturated heterocycles. The Labute approximate surface area is 119 Å². The zero-order valence-electron chi connectivity index (χ0n) is 11.9. The average molecular weight is 300 g/mol. The van der Waals surface area contributed by atoms with Crippen LogP contribution in [0.25, 0.3) is 0 Å². The Kier molecular flexibility index (Phi) is 5.52. The van der Waals surface area contributed by atoms with Crippen LogP contribution in [0, 0.1) is 6.92 Å². The number of esters is 1. The highest BCUT2D eigenvalue weighted by atomic mass is 32.2. The van der Waals surface area contributed by atoms with Crippen LogP contribution in [-0.4, -0.2) is 38.4 Å². The molecule has 0 spiro atoms. The summed E-state index contributed by atoms with van der Waals surface area (Å²) >= 11 is 0. The molecule has 0 heterocycles. The van der Waals surface area contributed by atoms with Gasteiger partial charge in [0, 0.05) is 12.2 Å². The molecule has 7 heteroatoms. The summed E-state index contributed by atoms with van der Waals surface area (Å²) in [5.41, 5.74) is 6.94. The predicted octanol–water partition coefficient (Wildman–Crippen LogP) is 1.15. The summed E-state index contributed by atoms with van der Waals surface area (Å²) in [5.74, 6) is -0.571. The number of anilines is 1. The Morgan fingerprint density at radius 2 is 2.00 bits per heavy atom. The molecule has 0 saturated carbocycles. The van der Waals surface area contributed by atoms with Gasteiger partial charge in [0.2, 0.25) is 10.0 Å². The molecule has 1 aromatic carbocycles. The van der Waals surface area contributed by atoms with Crippen molar-refractivity contribution in [3.8, 4) is 0 Å². The minimum atomic E-state index is -3.75. The van der Waals surface area contributed by atoms with Crippen molar-refractivity contribution < 1.29 is 17.9 Å². The standard InChI is InChI=1S/C13H20N2O4S/c1-4-15(9-13(16)19-5-2)20(17,18)11-7-6-10(3)12(14)8-11/h6-8H,4-5,9,14H2,1-3H3. The normalized spacial score (nSPS) is 11.6. The van der Waals surface area contributed by atoms with Gasteiger partial charge in [0.15, 0.2) is 0 Å². The highest BCUT2D eigenvalue weighted by Crippen LogP contribution is 2.20. The number of benzene rings is 1. The van der Waals surface area contributed by atoms with Crippen molar-refractivity contribution in [2.24, 2.45) is 0 Å². The second-order valence-electron chi connectivity index (χ2n) is 4.25.